The van der Waals surface area contributed by atoms with Gasteiger partial charge in [0.05, 0.1) is 10.7 Å². The summed E-state index contributed by atoms with van der Waals surface area (Å²) in [5.41, 5.74) is 0.00339. The number of phenolic OH excluding ortho intramolecular Hbond substituents is 1. The van der Waals surface area contributed by atoms with Crippen LogP contribution in [0, 0.1) is 18.6 Å². The molecule has 0 fully saturated rings. The van der Waals surface area contributed by atoms with E-state index in [1.54, 1.807) is 0 Å². The molecule has 0 atom stereocenters. The third-order valence-corrected chi connectivity index (χ3v) is 3.01. The molecule has 0 aliphatic carbocycles. The largest absolute Gasteiger partial charge is 0.506 e. The van der Waals surface area contributed by atoms with Crippen LogP contribution in [0.3, 0.4) is 0 Å². The van der Waals surface area contributed by atoms with E-state index >= 15 is 0 Å². The second-order valence-corrected chi connectivity index (χ2v) is 4.61. The van der Waals surface area contributed by atoms with Crippen LogP contribution >= 0.6 is 11.6 Å². The van der Waals surface area contributed by atoms with E-state index in [1.807, 2.05) is 0 Å². The van der Waals surface area contributed by atoms with E-state index < -0.39 is 17.5 Å². The molecule has 2 N–H and O–H groups in total. The number of carbonyl (C=O) groups excluding carboxylic acids is 1. The van der Waals surface area contributed by atoms with Crippen LogP contribution in [0.2, 0.25) is 5.02 Å². The lowest BCUT2D eigenvalue weighted by Crippen LogP contribution is -2.13. The fourth-order valence-corrected chi connectivity index (χ4v) is 1.77. The molecule has 20 heavy (non-hydrogen) atoms. The first-order valence-corrected chi connectivity index (χ1v) is 6.02. The van der Waals surface area contributed by atoms with Gasteiger partial charge < -0.3 is 10.4 Å². The second kappa shape index (κ2) is 5.46. The molecule has 0 bridgehead atoms. The minimum Gasteiger partial charge on any atom is -0.506 e. The standard InChI is InChI=1S/C14H10ClF2NO2/c1-7-4-11(17)12(6-10(7)16)18-14(20)8-2-3-13(19)9(15)5-8/h2-6,19H,1H3,(H,18,20). The van der Waals surface area contributed by atoms with Gasteiger partial charge in [0, 0.05) is 11.6 Å². The molecule has 0 aromatic heterocycles. The Morgan fingerprint density at radius 1 is 1.20 bits per heavy atom. The summed E-state index contributed by atoms with van der Waals surface area (Å²) < 4.78 is 27.0. The normalized spacial score (nSPS) is 10.4. The summed E-state index contributed by atoms with van der Waals surface area (Å²) in [4.78, 5) is 11.9. The third kappa shape index (κ3) is 2.88. The molecule has 0 radical (unpaired) electrons. The highest BCUT2D eigenvalue weighted by atomic mass is 35.5. The van der Waals surface area contributed by atoms with Crippen LogP contribution in [0.4, 0.5) is 14.5 Å². The van der Waals surface area contributed by atoms with Gasteiger partial charge >= 0.3 is 0 Å². The van der Waals surface area contributed by atoms with Crippen molar-refractivity contribution in [2.24, 2.45) is 0 Å². The molecule has 0 spiro atoms. The molecule has 0 saturated heterocycles. The lowest BCUT2D eigenvalue weighted by molar-refractivity contribution is 0.102. The van der Waals surface area contributed by atoms with E-state index in [9.17, 15) is 18.7 Å². The zero-order chi connectivity index (χ0) is 14.9. The number of benzene rings is 2. The highest BCUT2D eigenvalue weighted by molar-refractivity contribution is 6.32. The molecule has 3 nitrogen and oxygen atoms in total. The fraction of sp³-hybridized carbons (Fsp3) is 0.0714. The summed E-state index contributed by atoms with van der Waals surface area (Å²) in [6, 6.07) is 5.69. The van der Waals surface area contributed by atoms with Crippen molar-refractivity contribution in [2.45, 2.75) is 6.92 Å². The van der Waals surface area contributed by atoms with Crippen molar-refractivity contribution in [1.29, 1.82) is 0 Å². The van der Waals surface area contributed by atoms with E-state index in [4.69, 9.17) is 11.6 Å². The van der Waals surface area contributed by atoms with Gasteiger partial charge in [0.2, 0.25) is 0 Å². The third-order valence-electron chi connectivity index (χ3n) is 2.71. The molecule has 0 saturated carbocycles. The molecule has 0 aliphatic rings. The molecule has 0 heterocycles. The van der Waals surface area contributed by atoms with Crippen LogP contribution in [0.5, 0.6) is 5.75 Å². The number of phenols is 1. The van der Waals surface area contributed by atoms with Gasteiger partial charge in [-0.25, -0.2) is 8.78 Å². The maximum atomic E-state index is 13.6. The van der Waals surface area contributed by atoms with Gasteiger partial charge in [0.15, 0.2) is 0 Å². The number of rotatable bonds is 2. The highest BCUT2D eigenvalue weighted by Gasteiger charge is 2.13. The van der Waals surface area contributed by atoms with Crippen LogP contribution in [-0.4, -0.2) is 11.0 Å². The van der Waals surface area contributed by atoms with Crippen molar-refractivity contribution < 1.29 is 18.7 Å². The number of anilines is 1. The number of amides is 1. The number of aromatic hydroxyl groups is 1. The van der Waals surface area contributed by atoms with Crippen molar-refractivity contribution in [3.05, 3.63) is 58.1 Å². The fourth-order valence-electron chi connectivity index (χ4n) is 1.58. The van der Waals surface area contributed by atoms with Crippen LogP contribution < -0.4 is 5.32 Å². The minimum atomic E-state index is -0.734. The molecule has 0 unspecified atom stereocenters. The number of carbonyl (C=O) groups is 1. The molecule has 6 heteroatoms. The van der Waals surface area contributed by atoms with Gasteiger partial charge in [-0.3, -0.25) is 4.79 Å². The van der Waals surface area contributed by atoms with E-state index in [0.717, 1.165) is 12.1 Å². The summed E-state index contributed by atoms with van der Waals surface area (Å²) in [5, 5.41) is 11.5. The number of nitrogens with one attached hydrogen (secondary N) is 1. The molecule has 2 aromatic rings. The van der Waals surface area contributed by atoms with E-state index in [-0.39, 0.29) is 27.6 Å². The maximum absolute atomic E-state index is 13.6. The van der Waals surface area contributed by atoms with E-state index in [2.05, 4.69) is 5.32 Å². The van der Waals surface area contributed by atoms with E-state index in [1.165, 1.54) is 25.1 Å². The van der Waals surface area contributed by atoms with Crippen LogP contribution in [0.25, 0.3) is 0 Å². The number of hydrogen-bond acceptors (Lipinski definition) is 2. The summed E-state index contributed by atoms with van der Waals surface area (Å²) in [7, 11) is 0. The van der Waals surface area contributed by atoms with Crippen LogP contribution in [-0.2, 0) is 0 Å². The van der Waals surface area contributed by atoms with Gasteiger partial charge in [0.25, 0.3) is 5.91 Å². The van der Waals surface area contributed by atoms with Crippen molar-refractivity contribution >= 4 is 23.2 Å². The first-order chi connectivity index (χ1) is 9.38. The van der Waals surface area contributed by atoms with Gasteiger partial charge in [-0.1, -0.05) is 11.6 Å². The van der Waals surface area contributed by atoms with Crippen LogP contribution in [0.1, 0.15) is 15.9 Å². The average molecular weight is 298 g/mol. The van der Waals surface area contributed by atoms with Crippen molar-refractivity contribution in [2.75, 3.05) is 5.32 Å². The highest BCUT2D eigenvalue weighted by Crippen LogP contribution is 2.25. The molecular formula is C14H10ClF2NO2. The Morgan fingerprint density at radius 3 is 2.55 bits per heavy atom. The summed E-state index contributed by atoms with van der Waals surface area (Å²) in [6.45, 7) is 1.42. The molecule has 104 valence electrons. The zero-order valence-corrected chi connectivity index (χ0v) is 11.1. The summed E-state index contributed by atoms with van der Waals surface area (Å²) in [5.74, 6) is -2.18. The first-order valence-electron chi connectivity index (χ1n) is 5.64. The predicted octanol–water partition coefficient (Wildman–Crippen LogP) is 3.88. The maximum Gasteiger partial charge on any atom is 0.255 e. The second-order valence-electron chi connectivity index (χ2n) is 4.20. The van der Waals surface area contributed by atoms with Gasteiger partial charge in [0.1, 0.15) is 17.4 Å². The minimum absolute atomic E-state index is 0.00629. The Balaban J connectivity index is 2.27. The SMILES string of the molecule is Cc1cc(F)c(NC(=O)c2ccc(O)c(Cl)c2)cc1F. The molecular weight excluding hydrogens is 288 g/mol. The Bertz CT molecular complexity index is 689. The zero-order valence-electron chi connectivity index (χ0n) is 10.4. The van der Waals surface area contributed by atoms with Gasteiger partial charge in [-0.15, -0.1) is 0 Å². The quantitative estimate of drug-likeness (QED) is 0.883. The number of halogens is 3. The lowest BCUT2D eigenvalue weighted by Gasteiger charge is -2.08. The smallest absolute Gasteiger partial charge is 0.255 e. The summed E-state index contributed by atoms with van der Waals surface area (Å²) in [6.07, 6.45) is 0. The predicted molar refractivity (Wildman–Crippen MR) is 72.2 cm³/mol. The monoisotopic (exact) mass is 297 g/mol. The average Bonchev–Trinajstić information content (AvgIpc) is 2.39. The molecule has 0 aliphatic heterocycles. The number of hydrogen-bond donors (Lipinski definition) is 2. The van der Waals surface area contributed by atoms with Gasteiger partial charge in [-0.05, 0) is 36.8 Å². The van der Waals surface area contributed by atoms with E-state index in [0.29, 0.717) is 0 Å². The Kier molecular flexibility index (Phi) is 3.90. The Labute approximate surface area is 118 Å². The first kappa shape index (κ1) is 14.3. The van der Waals surface area contributed by atoms with Crippen molar-refractivity contribution in [3.8, 4) is 5.75 Å². The van der Waals surface area contributed by atoms with Gasteiger partial charge in [-0.2, -0.15) is 0 Å². The van der Waals surface area contributed by atoms with Crippen molar-refractivity contribution in [3.63, 3.8) is 0 Å². The molecule has 1 amide bonds. The number of aryl methyl sites for hydroxylation is 1. The summed E-state index contributed by atoms with van der Waals surface area (Å²) >= 11 is 5.67. The molecule has 2 rings (SSSR count). The Hall–Kier alpha value is -2.14. The van der Waals surface area contributed by atoms with Crippen LogP contribution in [0.15, 0.2) is 30.3 Å². The topological polar surface area (TPSA) is 49.3 Å². The van der Waals surface area contributed by atoms with Crippen molar-refractivity contribution in [1.82, 2.24) is 0 Å². The Morgan fingerprint density at radius 2 is 1.90 bits per heavy atom. The molecule has 2 aromatic carbocycles. The lowest BCUT2D eigenvalue weighted by atomic mass is 10.1.